The molecule has 0 radical (unpaired) electrons. The summed E-state index contributed by atoms with van der Waals surface area (Å²) in [6.07, 6.45) is 12.0. The van der Waals surface area contributed by atoms with Gasteiger partial charge in [0.05, 0.1) is 40.1 Å². The second-order valence-corrected chi connectivity index (χ2v) is 8.55. The molecule has 0 atom stereocenters. The first kappa shape index (κ1) is 25.2. The van der Waals surface area contributed by atoms with Crippen molar-refractivity contribution in [2.75, 3.05) is 18.0 Å². The van der Waals surface area contributed by atoms with Crippen LogP contribution in [-0.4, -0.2) is 18.7 Å². The SMILES string of the molecule is C=C/C=C(/C=C/C1=NN(c2ccc(OC)cc2)C(c2ccc(Cl)c(Cl)c2)=CC1)\C=C(\Cl)CCl. The largest absolute Gasteiger partial charge is 0.497 e. The summed E-state index contributed by atoms with van der Waals surface area (Å²) in [5.74, 6) is 1.01. The Morgan fingerprint density at radius 1 is 1.15 bits per heavy atom. The topological polar surface area (TPSA) is 24.8 Å². The molecule has 2 aromatic rings. The predicted octanol–water partition coefficient (Wildman–Crippen LogP) is 8.64. The lowest BCUT2D eigenvalue weighted by Crippen LogP contribution is -2.21. The van der Waals surface area contributed by atoms with Gasteiger partial charge in [-0.2, -0.15) is 5.10 Å². The number of hydrazone groups is 1. The molecular formula is C26H22Cl4N2O. The third-order valence-electron chi connectivity index (χ3n) is 4.72. The van der Waals surface area contributed by atoms with Gasteiger partial charge in [-0.3, -0.25) is 0 Å². The Bertz CT molecular complexity index is 1160. The fourth-order valence-corrected chi connectivity index (χ4v) is 3.63. The summed E-state index contributed by atoms with van der Waals surface area (Å²) in [5.41, 5.74) is 4.43. The van der Waals surface area contributed by atoms with Crippen LogP contribution in [0, 0.1) is 0 Å². The number of benzene rings is 2. The molecule has 1 heterocycles. The number of anilines is 1. The predicted molar refractivity (Wildman–Crippen MR) is 144 cm³/mol. The monoisotopic (exact) mass is 518 g/mol. The van der Waals surface area contributed by atoms with Gasteiger partial charge in [0, 0.05) is 17.0 Å². The molecule has 0 aromatic heterocycles. The molecule has 33 heavy (non-hydrogen) atoms. The Morgan fingerprint density at radius 2 is 1.91 bits per heavy atom. The molecule has 0 aliphatic carbocycles. The minimum Gasteiger partial charge on any atom is -0.497 e. The molecule has 0 fully saturated rings. The maximum Gasteiger partial charge on any atom is 0.119 e. The van der Waals surface area contributed by atoms with E-state index in [1.807, 2.05) is 59.6 Å². The first-order valence-corrected chi connectivity index (χ1v) is 11.7. The van der Waals surface area contributed by atoms with Crippen LogP contribution in [-0.2, 0) is 0 Å². The van der Waals surface area contributed by atoms with Crippen molar-refractivity contribution in [3.63, 3.8) is 0 Å². The standard InChI is InChI=1S/C26H22Cl4N2O/c1-3-4-18(15-20(28)17-27)5-7-21-8-14-26(19-6-13-24(29)25(30)16-19)32(31-21)22-9-11-23(33-2)12-10-22/h3-7,9-16H,1,8,17H2,2H3/b7-5+,18-4-,20-15+. The number of hydrogen-bond donors (Lipinski definition) is 0. The molecule has 0 amide bonds. The van der Waals surface area contributed by atoms with Crippen molar-refractivity contribution in [1.29, 1.82) is 0 Å². The number of nitrogens with zero attached hydrogens (tertiary/aromatic N) is 2. The van der Waals surface area contributed by atoms with Crippen LogP contribution in [0.2, 0.25) is 10.0 Å². The van der Waals surface area contributed by atoms with Crippen LogP contribution >= 0.6 is 46.4 Å². The smallest absolute Gasteiger partial charge is 0.119 e. The molecular weight excluding hydrogens is 498 g/mol. The van der Waals surface area contributed by atoms with Gasteiger partial charge in [0.1, 0.15) is 5.75 Å². The van der Waals surface area contributed by atoms with E-state index in [1.54, 1.807) is 25.3 Å². The zero-order chi connectivity index (χ0) is 23.8. The van der Waals surface area contributed by atoms with E-state index in [2.05, 4.69) is 12.7 Å². The minimum absolute atomic E-state index is 0.242. The second kappa shape index (κ2) is 12.2. The van der Waals surface area contributed by atoms with Gasteiger partial charge in [0.2, 0.25) is 0 Å². The van der Waals surface area contributed by atoms with Crippen molar-refractivity contribution in [1.82, 2.24) is 0 Å². The van der Waals surface area contributed by atoms with Crippen LogP contribution in [0.5, 0.6) is 5.75 Å². The number of hydrogen-bond acceptors (Lipinski definition) is 3. The van der Waals surface area contributed by atoms with Crippen molar-refractivity contribution >= 4 is 63.5 Å². The van der Waals surface area contributed by atoms with Gasteiger partial charge >= 0.3 is 0 Å². The van der Waals surface area contributed by atoms with Crippen LogP contribution in [0.3, 0.4) is 0 Å². The fourth-order valence-electron chi connectivity index (χ4n) is 3.13. The zero-order valence-corrected chi connectivity index (χ0v) is 21.0. The molecule has 0 saturated heterocycles. The molecule has 3 nitrogen and oxygen atoms in total. The van der Waals surface area contributed by atoms with E-state index in [1.165, 1.54) is 0 Å². The molecule has 3 rings (SSSR count). The first-order valence-electron chi connectivity index (χ1n) is 10.0. The molecule has 7 heteroatoms. The third kappa shape index (κ3) is 6.78. The van der Waals surface area contributed by atoms with Gasteiger partial charge in [0.25, 0.3) is 0 Å². The Labute approximate surface area is 214 Å². The number of methoxy groups -OCH3 is 1. The van der Waals surface area contributed by atoms with Gasteiger partial charge in [-0.15, -0.1) is 11.6 Å². The summed E-state index contributed by atoms with van der Waals surface area (Å²) in [4.78, 5) is 0. The van der Waals surface area contributed by atoms with E-state index in [9.17, 15) is 0 Å². The lowest BCUT2D eigenvalue weighted by atomic mass is 10.1. The maximum absolute atomic E-state index is 6.28. The number of ether oxygens (including phenoxy) is 1. The van der Waals surface area contributed by atoms with Crippen molar-refractivity contribution in [2.24, 2.45) is 5.10 Å². The van der Waals surface area contributed by atoms with Gasteiger partial charge in [-0.05, 0) is 54.1 Å². The highest BCUT2D eigenvalue weighted by Crippen LogP contribution is 2.34. The number of halogens is 4. The summed E-state index contributed by atoms with van der Waals surface area (Å²) in [7, 11) is 1.64. The average Bonchev–Trinajstić information content (AvgIpc) is 2.84. The maximum atomic E-state index is 6.28. The van der Waals surface area contributed by atoms with Crippen molar-refractivity contribution in [3.8, 4) is 5.75 Å². The molecule has 1 aliphatic rings. The molecule has 170 valence electrons. The highest BCUT2D eigenvalue weighted by Gasteiger charge is 2.19. The van der Waals surface area contributed by atoms with Crippen molar-refractivity contribution in [3.05, 3.63) is 112 Å². The molecule has 2 aromatic carbocycles. The highest BCUT2D eigenvalue weighted by atomic mass is 35.5. The van der Waals surface area contributed by atoms with Crippen LogP contribution in [0.4, 0.5) is 5.69 Å². The molecule has 0 bridgehead atoms. The van der Waals surface area contributed by atoms with E-state index >= 15 is 0 Å². The molecule has 0 unspecified atom stereocenters. The van der Waals surface area contributed by atoms with Crippen molar-refractivity contribution in [2.45, 2.75) is 6.42 Å². The highest BCUT2D eigenvalue weighted by molar-refractivity contribution is 6.42. The van der Waals surface area contributed by atoms with E-state index in [4.69, 9.17) is 56.2 Å². The molecule has 0 spiro atoms. The van der Waals surface area contributed by atoms with Crippen LogP contribution in [0.1, 0.15) is 12.0 Å². The summed E-state index contributed by atoms with van der Waals surface area (Å²) in [6, 6.07) is 13.2. The third-order valence-corrected chi connectivity index (χ3v) is 6.13. The molecule has 0 N–H and O–H groups in total. The minimum atomic E-state index is 0.242. The van der Waals surface area contributed by atoms with Crippen LogP contribution in [0.25, 0.3) is 5.70 Å². The average molecular weight is 520 g/mol. The summed E-state index contributed by atoms with van der Waals surface area (Å²) in [5, 5.41) is 8.31. The Hall–Kier alpha value is -2.43. The summed E-state index contributed by atoms with van der Waals surface area (Å²) >= 11 is 24.3. The van der Waals surface area contributed by atoms with Crippen molar-refractivity contribution < 1.29 is 4.74 Å². The number of allylic oxidation sites excluding steroid dienone is 8. The quantitative estimate of drug-likeness (QED) is 0.257. The summed E-state index contributed by atoms with van der Waals surface area (Å²) < 4.78 is 5.29. The van der Waals surface area contributed by atoms with E-state index < -0.39 is 0 Å². The Morgan fingerprint density at radius 3 is 2.55 bits per heavy atom. The lowest BCUT2D eigenvalue weighted by Gasteiger charge is -2.27. The van der Waals surface area contributed by atoms with Gasteiger partial charge < -0.3 is 4.74 Å². The fraction of sp³-hybridized carbons (Fsp3) is 0.115. The molecule has 0 saturated carbocycles. The van der Waals surface area contributed by atoms with E-state index in [-0.39, 0.29) is 5.88 Å². The van der Waals surface area contributed by atoms with E-state index in [0.29, 0.717) is 21.5 Å². The normalized spacial score (nSPS) is 14.9. The second-order valence-electron chi connectivity index (χ2n) is 6.98. The first-order chi connectivity index (χ1) is 15.9. The van der Waals surface area contributed by atoms with Crippen LogP contribution < -0.4 is 9.75 Å². The van der Waals surface area contributed by atoms with E-state index in [0.717, 1.165) is 34.0 Å². The zero-order valence-electron chi connectivity index (χ0n) is 17.9. The number of rotatable bonds is 8. The Balaban J connectivity index is 1.99. The van der Waals surface area contributed by atoms with Gasteiger partial charge in [-0.25, -0.2) is 5.01 Å². The molecule has 1 aliphatic heterocycles. The van der Waals surface area contributed by atoms with Gasteiger partial charge in [-0.1, -0.05) is 71.8 Å². The summed E-state index contributed by atoms with van der Waals surface area (Å²) in [6.45, 7) is 3.76. The lowest BCUT2D eigenvalue weighted by molar-refractivity contribution is 0.415. The van der Waals surface area contributed by atoms with Crippen LogP contribution in [0.15, 0.2) is 101 Å². The van der Waals surface area contributed by atoms with Gasteiger partial charge in [0.15, 0.2) is 0 Å². The number of alkyl halides is 1. The Kier molecular flexibility index (Phi) is 9.28.